The molecule has 0 amide bonds. The van der Waals surface area contributed by atoms with E-state index in [2.05, 4.69) is 51.6 Å². The van der Waals surface area contributed by atoms with Gasteiger partial charge >= 0.3 is 0 Å². The summed E-state index contributed by atoms with van der Waals surface area (Å²) in [6, 6.07) is 12.9. The van der Waals surface area contributed by atoms with E-state index < -0.39 is 0 Å². The Labute approximate surface area is 107 Å². The number of aromatic nitrogens is 1. The molecule has 3 heteroatoms. The predicted octanol–water partition coefficient (Wildman–Crippen LogP) is 2.50. The quantitative estimate of drug-likeness (QED) is 0.892. The van der Waals surface area contributed by atoms with Crippen molar-refractivity contribution in [3.63, 3.8) is 0 Å². The Kier molecular flexibility index (Phi) is 2.99. The third-order valence-corrected chi connectivity index (χ3v) is 3.36. The molecule has 0 unspecified atom stereocenters. The van der Waals surface area contributed by atoms with Crippen LogP contribution in [-0.2, 0) is 13.0 Å². The average Bonchev–Trinajstić information content (AvgIpc) is 2.83. The number of anilines is 2. The van der Waals surface area contributed by atoms with Crippen molar-refractivity contribution < 1.29 is 0 Å². The minimum Gasteiger partial charge on any atom is -0.341 e. The Hall–Kier alpha value is -1.87. The lowest BCUT2D eigenvalue weighted by atomic mass is 10.2. The third-order valence-electron chi connectivity index (χ3n) is 3.36. The average molecular weight is 239 g/mol. The van der Waals surface area contributed by atoms with Gasteiger partial charge in [-0.15, -0.1) is 0 Å². The van der Waals surface area contributed by atoms with Gasteiger partial charge in [0.25, 0.3) is 0 Å². The topological polar surface area (TPSA) is 28.2 Å². The van der Waals surface area contributed by atoms with Crippen LogP contribution in [0.4, 0.5) is 11.4 Å². The standard InChI is InChI=1S/C15H17N3/c1-16-11-13-10-14(6-8-17-13)18-9-7-12-4-2-3-5-15(12)18/h2-6,8,10,16H,7,9,11H2,1H3. The smallest absolute Gasteiger partial charge is 0.0562 e. The van der Waals surface area contributed by atoms with Gasteiger partial charge in [0.05, 0.1) is 5.69 Å². The molecular formula is C15H17N3. The van der Waals surface area contributed by atoms with E-state index in [0.29, 0.717) is 0 Å². The highest BCUT2D eigenvalue weighted by atomic mass is 15.2. The SMILES string of the molecule is CNCc1cc(N2CCc3ccccc32)ccn1. The van der Waals surface area contributed by atoms with Crippen LogP contribution in [0.15, 0.2) is 42.6 Å². The van der Waals surface area contributed by atoms with Crippen molar-refractivity contribution >= 4 is 11.4 Å². The minimum atomic E-state index is 0.809. The Balaban J connectivity index is 1.94. The van der Waals surface area contributed by atoms with E-state index in [-0.39, 0.29) is 0 Å². The van der Waals surface area contributed by atoms with Gasteiger partial charge in [-0.25, -0.2) is 0 Å². The van der Waals surface area contributed by atoms with Crippen molar-refractivity contribution in [3.05, 3.63) is 53.9 Å². The van der Waals surface area contributed by atoms with Crippen LogP contribution in [0.1, 0.15) is 11.3 Å². The Morgan fingerprint density at radius 2 is 2.17 bits per heavy atom. The van der Waals surface area contributed by atoms with E-state index in [1.165, 1.54) is 16.9 Å². The maximum absolute atomic E-state index is 4.37. The summed E-state index contributed by atoms with van der Waals surface area (Å²) < 4.78 is 0. The molecule has 1 aliphatic heterocycles. The summed E-state index contributed by atoms with van der Waals surface area (Å²) in [5.74, 6) is 0. The highest BCUT2D eigenvalue weighted by Crippen LogP contribution is 2.34. The van der Waals surface area contributed by atoms with Gasteiger partial charge in [0.15, 0.2) is 0 Å². The fourth-order valence-electron chi connectivity index (χ4n) is 2.52. The number of para-hydroxylation sites is 1. The molecular weight excluding hydrogens is 222 g/mol. The molecule has 1 N–H and O–H groups in total. The zero-order valence-corrected chi connectivity index (χ0v) is 10.6. The molecule has 3 nitrogen and oxygen atoms in total. The van der Waals surface area contributed by atoms with Gasteiger partial charge in [0.2, 0.25) is 0 Å². The number of pyridine rings is 1. The van der Waals surface area contributed by atoms with Crippen molar-refractivity contribution in [2.45, 2.75) is 13.0 Å². The molecule has 1 aromatic carbocycles. The van der Waals surface area contributed by atoms with E-state index >= 15 is 0 Å². The molecule has 92 valence electrons. The first-order chi connectivity index (χ1) is 8.88. The van der Waals surface area contributed by atoms with Crippen LogP contribution >= 0.6 is 0 Å². The van der Waals surface area contributed by atoms with Crippen LogP contribution in [0, 0.1) is 0 Å². The van der Waals surface area contributed by atoms with Crippen LogP contribution in [-0.4, -0.2) is 18.6 Å². The van der Waals surface area contributed by atoms with Crippen LogP contribution in [0.2, 0.25) is 0 Å². The van der Waals surface area contributed by atoms with Gasteiger partial charge in [0, 0.05) is 30.7 Å². The number of nitrogens with zero attached hydrogens (tertiary/aromatic N) is 2. The zero-order chi connectivity index (χ0) is 12.4. The molecule has 18 heavy (non-hydrogen) atoms. The van der Waals surface area contributed by atoms with E-state index in [0.717, 1.165) is 25.2 Å². The maximum Gasteiger partial charge on any atom is 0.0562 e. The number of benzene rings is 1. The van der Waals surface area contributed by atoms with Crippen molar-refractivity contribution in [1.29, 1.82) is 0 Å². The van der Waals surface area contributed by atoms with Crippen LogP contribution in [0.25, 0.3) is 0 Å². The number of rotatable bonds is 3. The predicted molar refractivity (Wildman–Crippen MR) is 74.2 cm³/mol. The molecule has 0 atom stereocenters. The molecule has 1 aromatic heterocycles. The molecule has 3 rings (SSSR count). The van der Waals surface area contributed by atoms with Crippen molar-refractivity contribution in [3.8, 4) is 0 Å². The lowest BCUT2D eigenvalue weighted by molar-refractivity contribution is 0.790. The molecule has 2 heterocycles. The molecule has 0 spiro atoms. The van der Waals surface area contributed by atoms with Crippen LogP contribution < -0.4 is 10.2 Å². The molecule has 0 aliphatic carbocycles. The van der Waals surface area contributed by atoms with E-state index in [1.54, 1.807) is 0 Å². The fourth-order valence-corrected chi connectivity index (χ4v) is 2.52. The highest BCUT2D eigenvalue weighted by Gasteiger charge is 2.19. The van der Waals surface area contributed by atoms with Crippen molar-refractivity contribution in [2.75, 3.05) is 18.5 Å². The van der Waals surface area contributed by atoms with Gasteiger partial charge < -0.3 is 10.2 Å². The number of fused-ring (bicyclic) bond motifs is 1. The Morgan fingerprint density at radius 1 is 1.28 bits per heavy atom. The Bertz CT molecular complexity index is 551. The zero-order valence-electron chi connectivity index (χ0n) is 10.6. The summed E-state index contributed by atoms with van der Waals surface area (Å²) in [4.78, 5) is 6.74. The number of nitrogens with one attached hydrogen (secondary N) is 1. The van der Waals surface area contributed by atoms with Gasteiger partial charge in [-0.05, 0) is 37.2 Å². The van der Waals surface area contributed by atoms with Gasteiger partial charge in [-0.1, -0.05) is 18.2 Å². The summed E-state index contributed by atoms with van der Waals surface area (Å²) >= 11 is 0. The van der Waals surface area contributed by atoms with E-state index in [4.69, 9.17) is 0 Å². The van der Waals surface area contributed by atoms with Crippen molar-refractivity contribution in [1.82, 2.24) is 10.3 Å². The monoisotopic (exact) mass is 239 g/mol. The first-order valence-corrected chi connectivity index (χ1v) is 6.33. The summed E-state index contributed by atoms with van der Waals surface area (Å²) in [5, 5.41) is 3.14. The highest BCUT2D eigenvalue weighted by molar-refractivity contribution is 5.69. The molecule has 0 bridgehead atoms. The minimum absolute atomic E-state index is 0.809. The van der Waals surface area contributed by atoms with Gasteiger partial charge in [0.1, 0.15) is 0 Å². The molecule has 0 saturated carbocycles. The van der Waals surface area contributed by atoms with Crippen LogP contribution in [0.3, 0.4) is 0 Å². The van der Waals surface area contributed by atoms with Gasteiger partial charge in [-0.3, -0.25) is 4.98 Å². The Morgan fingerprint density at radius 3 is 3.06 bits per heavy atom. The lowest BCUT2D eigenvalue weighted by Crippen LogP contribution is -2.14. The normalized spacial score (nSPS) is 13.7. The second-order valence-electron chi connectivity index (χ2n) is 4.57. The van der Waals surface area contributed by atoms with E-state index in [1.807, 2.05) is 13.2 Å². The second kappa shape index (κ2) is 4.78. The molecule has 0 fully saturated rings. The van der Waals surface area contributed by atoms with E-state index in [9.17, 15) is 0 Å². The molecule has 1 aliphatic rings. The summed E-state index contributed by atoms with van der Waals surface area (Å²) in [5.41, 5.74) is 5.09. The van der Waals surface area contributed by atoms with Crippen molar-refractivity contribution in [2.24, 2.45) is 0 Å². The molecule has 2 aromatic rings. The van der Waals surface area contributed by atoms with Gasteiger partial charge in [-0.2, -0.15) is 0 Å². The lowest BCUT2D eigenvalue weighted by Gasteiger charge is -2.20. The summed E-state index contributed by atoms with van der Waals surface area (Å²) in [6.45, 7) is 1.87. The molecule has 0 radical (unpaired) electrons. The number of hydrogen-bond acceptors (Lipinski definition) is 3. The number of hydrogen-bond donors (Lipinski definition) is 1. The van der Waals surface area contributed by atoms with Crippen LogP contribution in [0.5, 0.6) is 0 Å². The fraction of sp³-hybridized carbons (Fsp3) is 0.267. The second-order valence-corrected chi connectivity index (χ2v) is 4.57. The summed E-state index contributed by atoms with van der Waals surface area (Å²) in [6.07, 6.45) is 3.02. The first-order valence-electron chi connectivity index (χ1n) is 6.33. The summed E-state index contributed by atoms with van der Waals surface area (Å²) in [7, 11) is 1.94. The molecule has 0 saturated heterocycles. The maximum atomic E-state index is 4.37. The largest absolute Gasteiger partial charge is 0.341 e. The first kappa shape index (κ1) is 11.2. The third kappa shape index (κ3) is 1.97.